The van der Waals surface area contributed by atoms with Gasteiger partial charge in [0.1, 0.15) is 11.9 Å². The molecule has 3 aromatic rings. The van der Waals surface area contributed by atoms with E-state index in [2.05, 4.69) is 26.5 Å². The molecule has 23 heavy (non-hydrogen) atoms. The lowest BCUT2D eigenvalue weighted by atomic mass is 9.95. The molecule has 0 radical (unpaired) electrons. The Balaban J connectivity index is 1.64. The first-order valence-electron chi connectivity index (χ1n) is 7.79. The number of pyridine rings is 1. The van der Waals surface area contributed by atoms with Crippen LogP contribution in [0.3, 0.4) is 0 Å². The molecule has 0 aromatic carbocycles. The highest BCUT2D eigenvalue weighted by atomic mass is 15.3. The Hall–Kier alpha value is -2.94. The summed E-state index contributed by atoms with van der Waals surface area (Å²) >= 11 is 0. The van der Waals surface area contributed by atoms with Gasteiger partial charge in [-0.2, -0.15) is 10.4 Å². The van der Waals surface area contributed by atoms with Gasteiger partial charge in [0.05, 0.1) is 24.0 Å². The molecular formula is C17H16N6. The van der Waals surface area contributed by atoms with E-state index < -0.39 is 0 Å². The topological polar surface area (TPSA) is 78.9 Å². The van der Waals surface area contributed by atoms with E-state index in [9.17, 15) is 5.26 Å². The predicted molar refractivity (Wildman–Crippen MR) is 85.9 cm³/mol. The second-order valence-corrected chi connectivity index (χ2v) is 5.70. The number of aryl methyl sites for hydroxylation is 2. The van der Waals surface area contributed by atoms with Gasteiger partial charge in [-0.1, -0.05) is 0 Å². The number of rotatable bonds is 3. The zero-order valence-electron chi connectivity index (χ0n) is 12.7. The number of anilines is 1. The van der Waals surface area contributed by atoms with Crippen molar-refractivity contribution in [1.82, 2.24) is 19.6 Å². The number of aromatic nitrogens is 4. The van der Waals surface area contributed by atoms with Crippen molar-refractivity contribution < 1.29 is 0 Å². The molecule has 0 saturated carbocycles. The Morgan fingerprint density at radius 3 is 3.04 bits per heavy atom. The molecule has 0 atom stereocenters. The van der Waals surface area contributed by atoms with Crippen LogP contribution < -0.4 is 5.32 Å². The van der Waals surface area contributed by atoms with Crippen LogP contribution in [-0.4, -0.2) is 19.6 Å². The van der Waals surface area contributed by atoms with E-state index in [0.29, 0.717) is 17.9 Å². The molecule has 0 spiro atoms. The highest BCUT2D eigenvalue weighted by Crippen LogP contribution is 2.24. The lowest BCUT2D eigenvalue weighted by Crippen LogP contribution is -2.12. The van der Waals surface area contributed by atoms with Gasteiger partial charge in [0.15, 0.2) is 5.65 Å². The number of nitrogens with zero attached hydrogens (tertiary/aromatic N) is 5. The van der Waals surface area contributed by atoms with Gasteiger partial charge in [0.2, 0.25) is 0 Å². The summed E-state index contributed by atoms with van der Waals surface area (Å²) in [7, 11) is 0. The van der Waals surface area contributed by atoms with Gasteiger partial charge < -0.3 is 5.32 Å². The maximum Gasteiger partial charge on any atom is 0.155 e. The summed E-state index contributed by atoms with van der Waals surface area (Å²) in [5.74, 6) is 0.658. The average Bonchev–Trinajstić information content (AvgIpc) is 3.08. The van der Waals surface area contributed by atoms with E-state index >= 15 is 0 Å². The second kappa shape index (κ2) is 5.69. The molecular weight excluding hydrogens is 288 g/mol. The van der Waals surface area contributed by atoms with Crippen molar-refractivity contribution in [2.45, 2.75) is 32.2 Å². The van der Waals surface area contributed by atoms with Crippen LogP contribution in [0.1, 0.15) is 35.4 Å². The van der Waals surface area contributed by atoms with Gasteiger partial charge in [-0.3, -0.25) is 0 Å². The van der Waals surface area contributed by atoms with Crippen molar-refractivity contribution in [3.8, 4) is 6.07 Å². The molecule has 3 aromatic heterocycles. The fourth-order valence-electron chi connectivity index (χ4n) is 3.05. The Bertz CT molecular complexity index is 905. The smallest absolute Gasteiger partial charge is 0.155 e. The number of fused-ring (bicyclic) bond motifs is 2. The minimum atomic E-state index is 0.543. The standard InChI is InChI=1S/C17H16N6/c18-10-13-9-12-3-1-2-4-15(12)22-17(13)20-11-14-5-7-19-16-6-8-21-23(14)16/h5-9H,1-4,11H2,(H,20,22). The Kier molecular flexibility index (Phi) is 3.39. The normalized spacial score (nSPS) is 13.5. The van der Waals surface area contributed by atoms with E-state index in [-0.39, 0.29) is 0 Å². The first-order valence-corrected chi connectivity index (χ1v) is 7.79. The molecule has 0 unspecified atom stereocenters. The van der Waals surface area contributed by atoms with Crippen molar-refractivity contribution >= 4 is 11.5 Å². The number of hydrogen-bond donors (Lipinski definition) is 1. The third-order valence-corrected chi connectivity index (χ3v) is 4.23. The highest BCUT2D eigenvalue weighted by molar-refractivity contribution is 5.55. The van der Waals surface area contributed by atoms with Gasteiger partial charge >= 0.3 is 0 Å². The summed E-state index contributed by atoms with van der Waals surface area (Å²) in [6, 6.07) is 8.02. The maximum absolute atomic E-state index is 9.40. The monoisotopic (exact) mass is 304 g/mol. The minimum Gasteiger partial charge on any atom is -0.363 e. The average molecular weight is 304 g/mol. The van der Waals surface area contributed by atoms with Gasteiger partial charge in [-0.05, 0) is 43.4 Å². The molecule has 6 nitrogen and oxygen atoms in total. The number of hydrogen-bond acceptors (Lipinski definition) is 5. The molecule has 0 aliphatic heterocycles. The summed E-state index contributed by atoms with van der Waals surface area (Å²) in [6.07, 6.45) is 7.86. The molecule has 0 bridgehead atoms. The van der Waals surface area contributed by atoms with Crippen molar-refractivity contribution in [2.24, 2.45) is 0 Å². The SMILES string of the molecule is N#Cc1cc2c(nc1NCc1ccnc3ccnn13)CCCC2. The fraction of sp³-hybridized carbons (Fsp3) is 0.294. The highest BCUT2D eigenvalue weighted by Gasteiger charge is 2.15. The first kappa shape index (κ1) is 13.7. The van der Waals surface area contributed by atoms with Gasteiger partial charge in [0, 0.05) is 18.0 Å². The van der Waals surface area contributed by atoms with E-state index in [4.69, 9.17) is 0 Å². The lowest BCUT2D eigenvalue weighted by molar-refractivity contribution is 0.667. The summed E-state index contributed by atoms with van der Waals surface area (Å²) in [5.41, 5.74) is 4.73. The van der Waals surface area contributed by atoms with E-state index in [1.807, 2.05) is 18.2 Å². The molecule has 1 aliphatic rings. The van der Waals surface area contributed by atoms with Crippen LogP contribution in [0.4, 0.5) is 5.82 Å². The van der Waals surface area contributed by atoms with Gasteiger partial charge in [-0.25, -0.2) is 14.5 Å². The molecule has 6 heteroatoms. The van der Waals surface area contributed by atoms with Gasteiger partial charge in [0.25, 0.3) is 0 Å². The quantitative estimate of drug-likeness (QED) is 0.804. The number of nitrogens with one attached hydrogen (secondary N) is 1. The van der Waals surface area contributed by atoms with Crippen LogP contribution >= 0.6 is 0 Å². The van der Waals surface area contributed by atoms with Crippen LogP contribution in [0.25, 0.3) is 5.65 Å². The Labute approximate surface area is 133 Å². The Morgan fingerprint density at radius 2 is 2.13 bits per heavy atom. The van der Waals surface area contributed by atoms with E-state index in [1.165, 1.54) is 18.4 Å². The molecule has 0 fully saturated rings. The van der Waals surface area contributed by atoms with Crippen LogP contribution in [0.15, 0.2) is 30.6 Å². The van der Waals surface area contributed by atoms with Crippen LogP contribution in [0.2, 0.25) is 0 Å². The molecule has 114 valence electrons. The summed E-state index contributed by atoms with van der Waals surface area (Å²) < 4.78 is 1.79. The number of nitriles is 1. The summed E-state index contributed by atoms with van der Waals surface area (Å²) in [6.45, 7) is 0.543. The molecule has 3 heterocycles. The Morgan fingerprint density at radius 1 is 1.22 bits per heavy atom. The lowest BCUT2D eigenvalue weighted by Gasteiger charge is -2.17. The molecule has 1 N–H and O–H groups in total. The zero-order chi connectivity index (χ0) is 15.6. The van der Waals surface area contributed by atoms with Crippen molar-refractivity contribution in [3.05, 3.63) is 53.1 Å². The molecule has 0 amide bonds. The molecule has 4 rings (SSSR count). The van der Waals surface area contributed by atoms with Gasteiger partial charge in [-0.15, -0.1) is 0 Å². The second-order valence-electron chi connectivity index (χ2n) is 5.70. The van der Waals surface area contributed by atoms with Crippen molar-refractivity contribution in [1.29, 1.82) is 5.26 Å². The third-order valence-electron chi connectivity index (χ3n) is 4.23. The molecule has 0 saturated heterocycles. The van der Waals surface area contributed by atoms with Crippen molar-refractivity contribution in [2.75, 3.05) is 5.32 Å². The fourth-order valence-corrected chi connectivity index (χ4v) is 3.05. The third kappa shape index (κ3) is 2.50. The van der Waals surface area contributed by atoms with Crippen LogP contribution in [-0.2, 0) is 19.4 Å². The molecule has 1 aliphatic carbocycles. The summed E-state index contributed by atoms with van der Waals surface area (Å²) in [5, 5.41) is 17.0. The first-order chi connectivity index (χ1) is 11.3. The van der Waals surface area contributed by atoms with E-state index in [1.54, 1.807) is 16.9 Å². The van der Waals surface area contributed by atoms with Crippen molar-refractivity contribution in [3.63, 3.8) is 0 Å². The largest absolute Gasteiger partial charge is 0.363 e. The maximum atomic E-state index is 9.40. The van der Waals surface area contributed by atoms with Crippen LogP contribution in [0.5, 0.6) is 0 Å². The predicted octanol–water partition coefficient (Wildman–Crippen LogP) is 2.49. The summed E-state index contributed by atoms with van der Waals surface area (Å²) in [4.78, 5) is 8.94. The zero-order valence-corrected chi connectivity index (χ0v) is 12.7. The minimum absolute atomic E-state index is 0.543. The van der Waals surface area contributed by atoms with E-state index in [0.717, 1.165) is 29.9 Å². The van der Waals surface area contributed by atoms with Crippen LogP contribution in [0, 0.1) is 11.3 Å².